The Morgan fingerprint density at radius 2 is 2.04 bits per heavy atom. The van der Waals surface area contributed by atoms with Crippen molar-refractivity contribution < 1.29 is 14.3 Å². The Hall–Kier alpha value is -1.36. The number of unbranched alkanes of at least 4 members (excludes halogenated alkanes) is 3. The Labute approximate surface area is 155 Å². The second-order valence-electron chi connectivity index (χ2n) is 7.37. The van der Waals surface area contributed by atoms with Crippen molar-refractivity contribution in [2.75, 3.05) is 5.32 Å². The van der Waals surface area contributed by atoms with Crippen molar-refractivity contribution in [3.8, 4) is 0 Å². The lowest BCUT2D eigenvalue weighted by Crippen LogP contribution is -2.18. The van der Waals surface area contributed by atoms with Crippen LogP contribution in [0.15, 0.2) is 0 Å². The minimum absolute atomic E-state index is 0.00125. The fourth-order valence-corrected chi connectivity index (χ4v) is 4.64. The molecule has 0 unspecified atom stereocenters. The van der Waals surface area contributed by atoms with Gasteiger partial charge < -0.3 is 10.1 Å². The minimum Gasteiger partial charge on any atom is -0.459 e. The summed E-state index contributed by atoms with van der Waals surface area (Å²) in [5.74, 6) is 0.322. The molecule has 4 nitrogen and oxygen atoms in total. The van der Waals surface area contributed by atoms with E-state index in [2.05, 4.69) is 19.2 Å². The van der Waals surface area contributed by atoms with Gasteiger partial charge in [-0.1, -0.05) is 33.1 Å². The molecule has 1 N–H and O–H groups in total. The van der Waals surface area contributed by atoms with E-state index in [9.17, 15) is 9.59 Å². The zero-order valence-electron chi connectivity index (χ0n) is 15.9. The summed E-state index contributed by atoms with van der Waals surface area (Å²) in [5.41, 5.74) is 1.69. The maximum atomic E-state index is 12.6. The molecule has 1 atom stereocenters. The molecule has 1 aliphatic carbocycles. The van der Waals surface area contributed by atoms with Gasteiger partial charge in [0.15, 0.2) is 0 Å². The Bertz CT molecular complexity index is 606. The van der Waals surface area contributed by atoms with Gasteiger partial charge in [-0.15, -0.1) is 11.3 Å². The van der Waals surface area contributed by atoms with E-state index in [-0.39, 0.29) is 18.0 Å². The number of fused-ring (bicyclic) bond motifs is 1. The van der Waals surface area contributed by atoms with Gasteiger partial charge in [0.2, 0.25) is 5.91 Å². The summed E-state index contributed by atoms with van der Waals surface area (Å²) < 4.78 is 5.44. The smallest absolute Gasteiger partial charge is 0.341 e. The number of rotatable bonds is 8. The molecule has 140 valence electrons. The fourth-order valence-electron chi connectivity index (χ4n) is 3.23. The molecule has 0 bridgehead atoms. The summed E-state index contributed by atoms with van der Waals surface area (Å²) in [6.07, 6.45) is 7.58. The number of thiophene rings is 1. The van der Waals surface area contributed by atoms with E-state index >= 15 is 0 Å². The summed E-state index contributed by atoms with van der Waals surface area (Å²) in [5, 5.41) is 3.68. The zero-order chi connectivity index (χ0) is 18.4. The first-order valence-electron chi connectivity index (χ1n) is 9.57. The Balaban J connectivity index is 2.15. The van der Waals surface area contributed by atoms with Crippen LogP contribution in [-0.2, 0) is 22.4 Å². The molecule has 1 amide bonds. The lowest BCUT2D eigenvalue weighted by Gasteiger charge is -2.18. The van der Waals surface area contributed by atoms with Gasteiger partial charge in [0, 0.05) is 11.3 Å². The topological polar surface area (TPSA) is 55.4 Å². The Morgan fingerprint density at radius 3 is 2.72 bits per heavy atom. The quantitative estimate of drug-likeness (QED) is 0.499. The van der Waals surface area contributed by atoms with Crippen LogP contribution in [0, 0.1) is 5.92 Å². The van der Waals surface area contributed by atoms with E-state index in [1.807, 2.05) is 13.8 Å². The molecule has 1 heterocycles. The third-order valence-electron chi connectivity index (χ3n) is 4.57. The van der Waals surface area contributed by atoms with Crippen LogP contribution in [0.25, 0.3) is 0 Å². The van der Waals surface area contributed by atoms with E-state index in [1.165, 1.54) is 4.88 Å². The number of carbonyl (C=O) groups excluding carboxylic acids is 2. The molecule has 0 radical (unpaired) electrons. The van der Waals surface area contributed by atoms with Gasteiger partial charge in [0.05, 0.1) is 11.7 Å². The van der Waals surface area contributed by atoms with Crippen molar-refractivity contribution in [3.05, 3.63) is 16.0 Å². The molecule has 1 aromatic rings. The third kappa shape index (κ3) is 5.56. The maximum Gasteiger partial charge on any atom is 0.341 e. The number of hydrogen-bond donors (Lipinski definition) is 1. The first kappa shape index (κ1) is 20.0. The number of hydrogen-bond acceptors (Lipinski definition) is 4. The Morgan fingerprint density at radius 1 is 1.28 bits per heavy atom. The van der Waals surface area contributed by atoms with E-state index in [0.29, 0.717) is 22.9 Å². The van der Waals surface area contributed by atoms with Crippen molar-refractivity contribution in [3.63, 3.8) is 0 Å². The minimum atomic E-state index is -0.302. The van der Waals surface area contributed by atoms with Crippen molar-refractivity contribution in [1.29, 1.82) is 0 Å². The van der Waals surface area contributed by atoms with E-state index < -0.39 is 0 Å². The van der Waals surface area contributed by atoms with Gasteiger partial charge in [-0.2, -0.15) is 0 Å². The Kier molecular flexibility index (Phi) is 7.48. The van der Waals surface area contributed by atoms with Gasteiger partial charge in [0.25, 0.3) is 0 Å². The van der Waals surface area contributed by atoms with Gasteiger partial charge in [0.1, 0.15) is 5.00 Å². The monoisotopic (exact) mass is 365 g/mol. The molecule has 1 aromatic heterocycles. The lowest BCUT2D eigenvalue weighted by molar-refractivity contribution is -0.116. The molecule has 2 rings (SSSR count). The van der Waals surface area contributed by atoms with E-state index in [4.69, 9.17) is 4.74 Å². The number of esters is 1. The summed E-state index contributed by atoms with van der Waals surface area (Å²) in [6.45, 7) is 8.10. The molecule has 0 saturated carbocycles. The maximum absolute atomic E-state index is 12.6. The molecule has 25 heavy (non-hydrogen) atoms. The molecule has 0 fully saturated rings. The largest absolute Gasteiger partial charge is 0.459 e. The van der Waals surface area contributed by atoms with Crippen LogP contribution < -0.4 is 5.32 Å². The van der Waals surface area contributed by atoms with Crippen molar-refractivity contribution in [1.82, 2.24) is 0 Å². The van der Waals surface area contributed by atoms with Crippen LogP contribution in [0.2, 0.25) is 0 Å². The second-order valence-corrected chi connectivity index (χ2v) is 8.47. The SMILES string of the molecule is CCCCCCC(=O)Nc1sc2c(c1C(=O)OC(C)C)CC[C@@H](C)C2. The van der Waals surface area contributed by atoms with Gasteiger partial charge in [-0.05, 0) is 51.0 Å². The van der Waals surface area contributed by atoms with Crippen molar-refractivity contribution in [2.45, 2.75) is 85.2 Å². The number of amides is 1. The highest BCUT2D eigenvalue weighted by molar-refractivity contribution is 7.17. The second kappa shape index (κ2) is 9.37. The summed E-state index contributed by atoms with van der Waals surface area (Å²) in [7, 11) is 0. The number of anilines is 1. The molecular weight excluding hydrogens is 334 g/mol. The van der Waals surface area contributed by atoms with Gasteiger partial charge >= 0.3 is 5.97 Å². The normalized spacial score (nSPS) is 16.6. The van der Waals surface area contributed by atoms with Crippen LogP contribution in [0.1, 0.15) is 87.0 Å². The molecule has 0 aromatic carbocycles. The summed E-state index contributed by atoms with van der Waals surface area (Å²) in [4.78, 5) is 26.1. The van der Waals surface area contributed by atoms with Crippen LogP contribution in [0.5, 0.6) is 0 Å². The standard InChI is InChI=1S/C20H31NO3S/c1-5-6-7-8-9-17(22)21-19-18(20(23)24-13(2)3)15-11-10-14(4)12-16(15)25-19/h13-14H,5-12H2,1-4H3,(H,21,22)/t14-/m1/s1. The molecule has 0 saturated heterocycles. The highest BCUT2D eigenvalue weighted by atomic mass is 32.1. The predicted molar refractivity (Wildman–Crippen MR) is 103 cm³/mol. The van der Waals surface area contributed by atoms with Crippen LogP contribution >= 0.6 is 11.3 Å². The highest BCUT2D eigenvalue weighted by Gasteiger charge is 2.29. The predicted octanol–water partition coefficient (Wildman–Crippen LogP) is 5.35. The van der Waals surface area contributed by atoms with Crippen molar-refractivity contribution in [2.24, 2.45) is 5.92 Å². The molecule has 1 aliphatic rings. The molecular formula is C20H31NO3S. The number of carbonyl (C=O) groups is 2. The van der Waals surface area contributed by atoms with Crippen LogP contribution in [-0.4, -0.2) is 18.0 Å². The number of nitrogens with one attached hydrogen (secondary N) is 1. The van der Waals surface area contributed by atoms with E-state index in [1.54, 1.807) is 11.3 Å². The summed E-state index contributed by atoms with van der Waals surface area (Å²) >= 11 is 1.56. The molecule has 5 heteroatoms. The zero-order valence-corrected chi connectivity index (χ0v) is 16.8. The number of ether oxygens (including phenoxy) is 1. The fraction of sp³-hybridized carbons (Fsp3) is 0.700. The first-order valence-corrected chi connectivity index (χ1v) is 10.4. The third-order valence-corrected chi connectivity index (χ3v) is 5.74. The average molecular weight is 366 g/mol. The summed E-state index contributed by atoms with van der Waals surface area (Å²) in [6, 6.07) is 0. The average Bonchev–Trinajstić information content (AvgIpc) is 2.87. The van der Waals surface area contributed by atoms with Crippen molar-refractivity contribution >= 4 is 28.2 Å². The highest BCUT2D eigenvalue weighted by Crippen LogP contribution is 2.40. The van der Waals surface area contributed by atoms with Crippen LogP contribution in [0.4, 0.5) is 5.00 Å². The molecule has 0 spiro atoms. The van der Waals surface area contributed by atoms with Gasteiger partial charge in [-0.25, -0.2) is 4.79 Å². The lowest BCUT2D eigenvalue weighted by atomic mass is 9.88. The first-order chi connectivity index (χ1) is 11.9. The molecule has 0 aliphatic heterocycles. The van der Waals surface area contributed by atoms with Gasteiger partial charge in [-0.3, -0.25) is 4.79 Å². The van der Waals surface area contributed by atoms with Crippen LogP contribution in [0.3, 0.4) is 0 Å². The van der Waals surface area contributed by atoms with E-state index in [0.717, 1.165) is 50.5 Å².